The summed E-state index contributed by atoms with van der Waals surface area (Å²) in [6.07, 6.45) is 2.47. The van der Waals surface area contributed by atoms with Gasteiger partial charge in [0, 0.05) is 18.3 Å². The van der Waals surface area contributed by atoms with Gasteiger partial charge in [0.15, 0.2) is 5.13 Å². The van der Waals surface area contributed by atoms with Crippen molar-refractivity contribution in [1.82, 2.24) is 4.98 Å². The summed E-state index contributed by atoms with van der Waals surface area (Å²) in [7, 11) is 1.86. The monoisotopic (exact) mass is 272 g/mol. The molecule has 0 amide bonds. The van der Waals surface area contributed by atoms with Gasteiger partial charge in [0.05, 0.1) is 6.26 Å². The fourth-order valence-corrected chi connectivity index (χ4v) is 2.61. The summed E-state index contributed by atoms with van der Waals surface area (Å²) in [6, 6.07) is 3.86. The highest BCUT2D eigenvalue weighted by molar-refractivity contribution is 9.10. The van der Waals surface area contributed by atoms with Gasteiger partial charge < -0.3 is 9.73 Å². The summed E-state index contributed by atoms with van der Waals surface area (Å²) in [4.78, 5) is 5.46. The summed E-state index contributed by atoms with van der Waals surface area (Å²) >= 11 is 5.05. The maximum absolute atomic E-state index is 5.27. The number of furan rings is 1. The Bertz CT molecular complexity index is 410. The first-order valence-electron chi connectivity index (χ1n) is 4.15. The van der Waals surface area contributed by atoms with Crippen LogP contribution < -0.4 is 5.32 Å². The van der Waals surface area contributed by atoms with Crippen LogP contribution in [0.25, 0.3) is 0 Å². The highest BCUT2D eigenvalue weighted by Crippen LogP contribution is 2.29. The number of nitrogens with zero attached hydrogens (tertiary/aromatic N) is 1. The molecular weight excluding hydrogens is 264 g/mol. The number of hydrogen-bond acceptors (Lipinski definition) is 4. The zero-order chi connectivity index (χ0) is 9.97. The number of aromatic nitrogens is 1. The summed E-state index contributed by atoms with van der Waals surface area (Å²) in [5, 5.41) is 3.93. The van der Waals surface area contributed by atoms with E-state index >= 15 is 0 Å². The number of nitrogens with one attached hydrogen (secondary N) is 1. The molecule has 0 aliphatic carbocycles. The molecule has 0 saturated carbocycles. The first-order valence-corrected chi connectivity index (χ1v) is 5.76. The minimum absolute atomic E-state index is 0.785. The molecule has 2 rings (SSSR count). The summed E-state index contributed by atoms with van der Waals surface area (Å²) in [6.45, 7) is 0. The van der Waals surface area contributed by atoms with Crippen LogP contribution in [0.15, 0.2) is 27.4 Å². The maximum Gasteiger partial charge on any atom is 0.183 e. The van der Waals surface area contributed by atoms with E-state index in [2.05, 4.69) is 26.2 Å². The van der Waals surface area contributed by atoms with Crippen LogP contribution in [0.2, 0.25) is 0 Å². The summed E-state index contributed by atoms with van der Waals surface area (Å²) in [5.74, 6) is 0.956. The van der Waals surface area contributed by atoms with Crippen molar-refractivity contribution in [3.05, 3.63) is 33.6 Å². The molecule has 74 valence electrons. The van der Waals surface area contributed by atoms with E-state index in [0.29, 0.717) is 0 Å². The van der Waals surface area contributed by atoms with Crippen LogP contribution in [0.5, 0.6) is 0 Å². The number of thiazole rings is 1. The highest BCUT2D eigenvalue weighted by atomic mass is 79.9. The number of rotatable bonds is 3. The van der Waals surface area contributed by atoms with Crippen LogP contribution in [0.3, 0.4) is 0 Å². The Kier molecular flexibility index (Phi) is 2.88. The molecule has 1 N–H and O–H groups in total. The van der Waals surface area contributed by atoms with Crippen LogP contribution in [-0.2, 0) is 6.42 Å². The van der Waals surface area contributed by atoms with E-state index < -0.39 is 0 Å². The average Bonchev–Trinajstić information content (AvgIpc) is 2.78. The molecule has 0 aromatic carbocycles. The Labute approximate surface area is 94.3 Å². The van der Waals surface area contributed by atoms with Crippen LogP contribution in [0, 0.1) is 0 Å². The minimum Gasteiger partial charge on any atom is -0.469 e. The molecule has 0 aliphatic heterocycles. The van der Waals surface area contributed by atoms with E-state index in [4.69, 9.17) is 4.42 Å². The second-order valence-electron chi connectivity index (χ2n) is 2.74. The smallest absolute Gasteiger partial charge is 0.183 e. The SMILES string of the molecule is CNc1nc(Br)c(Cc2ccco2)s1. The maximum atomic E-state index is 5.27. The molecular formula is C9H9BrN2OS. The van der Waals surface area contributed by atoms with E-state index in [1.165, 1.54) is 4.88 Å². The first kappa shape index (κ1) is 9.73. The van der Waals surface area contributed by atoms with Gasteiger partial charge in [-0.1, -0.05) is 0 Å². The van der Waals surface area contributed by atoms with Crippen molar-refractivity contribution in [3.63, 3.8) is 0 Å². The molecule has 0 spiro atoms. The third-order valence-electron chi connectivity index (χ3n) is 1.78. The fourth-order valence-electron chi connectivity index (χ4n) is 1.12. The summed E-state index contributed by atoms with van der Waals surface area (Å²) < 4.78 is 6.16. The lowest BCUT2D eigenvalue weighted by molar-refractivity contribution is 0.521. The van der Waals surface area contributed by atoms with Gasteiger partial charge in [-0.2, -0.15) is 0 Å². The van der Waals surface area contributed by atoms with Gasteiger partial charge in [0.2, 0.25) is 0 Å². The average molecular weight is 273 g/mol. The number of halogens is 1. The van der Waals surface area contributed by atoms with Gasteiger partial charge in [0.25, 0.3) is 0 Å². The molecule has 5 heteroatoms. The van der Waals surface area contributed by atoms with Crippen molar-refractivity contribution in [1.29, 1.82) is 0 Å². The molecule has 0 bridgehead atoms. The molecule has 3 nitrogen and oxygen atoms in total. The van der Waals surface area contributed by atoms with Crippen molar-refractivity contribution >= 4 is 32.4 Å². The Hall–Kier alpha value is -0.810. The molecule has 0 atom stereocenters. The quantitative estimate of drug-likeness (QED) is 0.933. The van der Waals surface area contributed by atoms with Crippen LogP contribution >= 0.6 is 27.3 Å². The van der Waals surface area contributed by atoms with Gasteiger partial charge in [-0.05, 0) is 28.1 Å². The van der Waals surface area contributed by atoms with Crippen molar-refractivity contribution < 1.29 is 4.42 Å². The first-order chi connectivity index (χ1) is 6.79. The lowest BCUT2D eigenvalue weighted by Crippen LogP contribution is -1.83. The van der Waals surface area contributed by atoms with Crippen molar-refractivity contribution in [2.24, 2.45) is 0 Å². The molecule has 0 aliphatic rings. The van der Waals surface area contributed by atoms with E-state index in [-0.39, 0.29) is 0 Å². The summed E-state index contributed by atoms with van der Waals surface area (Å²) in [5.41, 5.74) is 0. The lowest BCUT2D eigenvalue weighted by Gasteiger charge is -1.92. The molecule has 2 aromatic heterocycles. The second kappa shape index (κ2) is 4.14. The fraction of sp³-hybridized carbons (Fsp3) is 0.222. The van der Waals surface area contributed by atoms with Gasteiger partial charge in [0.1, 0.15) is 10.4 Å². The zero-order valence-corrected chi connectivity index (χ0v) is 9.98. The van der Waals surface area contributed by atoms with Gasteiger partial charge in [-0.3, -0.25) is 0 Å². The largest absolute Gasteiger partial charge is 0.469 e. The topological polar surface area (TPSA) is 38.1 Å². The van der Waals surface area contributed by atoms with Crippen LogP contribution in [-0.4, -0.2) is 12.0 Å². The molecule has 2 heterocycles. The van der Waals surface area contributed by atoms with E-state index in [9.17, 15) is 0 Å². The number of anilines is 1. The van der Waals surface area contributed by atoms with Gasteiger partial charge in [-0.25, -0.2) is 4.98 Å². The van der Waals surface area contributed by atoms with E-state index in [1.807, 2.05) is 19.2 Å². The highest BCUT2D eigenvalue weighted by Gasteiger charge is 2.09. The minimum atomic E-state index is 0.785. The lowest BCUT2D eigenvalue weighted by atomic mass is 10.3. The zero-order valence-electron chi connectivity index (χ0n) is 7.58. The van der Waals surface area contributed by atoms with E-state index in [1.54, 1.807) is 17.6 Å². The second-order valence-corrected chi connectivity index (χ2v) is 4.57. The molecule has 0 unspecified atom stereocenters. The molecule has 14 heavy (non-hydrogen) atoms. The standard InChI is InChI=1S/C9H9BrN2OS/c1-11-9-12-8(10)7(14-9)5-6-3-2-4-13-6/h2-4H,5H2,1H3,(H,11,12). The van der Waals surface area contributed by atoms with Crippen molar-refractivity contribution in [3.8, 4) is 0 Å². The van der Waals surface area contributed by atoms with E-state index in [0.717, 1.165) is 21.9 Å². The number of hydrogen-bond donors (Lipinski definition) is 1. The van der Waals surface area contributed by atoms with Crippen LogP contribution in [0.1, 0.15) is 10.6 Å². The molecule has 2 aromatic rings. The normalized spacial score (nSPS) is 10.4. The third kappa shape index (κ3) is 1.99. The Morgan fingerprint density at radius 2 is 2.50 bits per heavy atom. The van der Waals surface area contributed by atoms with Crippen LogP contribution in [0.4, 0.5) is 5.13 Å². The Morgan fingerprint density at radius 3 is 3.07 bits per heavy atom. The van der Waals surface area contributed by atoms with Crippen molar-refractivity contribution in [2.45, 2.75) is 6.42 Å². The third-order valence-corrected chi connectivity index (χ3v) is 3.77. The predicted molar refractivity (Wildman–Crippen MR) is 60.9 cm³/mol. The van der Waals surface area contributed by atoms with Gasteiger partial charge in [-0.15, -0.1) is 11.3 Å². The Morgan fingerprint density at radius 1 is 1.64 bits per heavy atom. The Balaban J connectivity index is 2.20. The van der Waals surface area contributed by atoms with Gasteiger partial charge >= 0.3 is 0 Å². The molecule has 0 radical (unpaired) electrons. The molecule has 0 fully saturated rings. The molecule has 0 saturated heterocycles. The van der Waals surface area contributed by atoms with Crippen molar-refractivity contribution in [2.75, 3.05) is 12.4 Å². The predicted octanol–water partition coefficient (Wildman–Crippen LogP) is 3.13.